The van der Waals surface area contributed by atoms with Crippen molar-refractivity contribution in [2.24, 2.45) is 0 Å². The average molecular weight is 378 g/mol. The van der Waals surface area contributed by atoms with Gasteiger partial charge in [0.25, 0.3) is 0 Å². The molecule has 1 aromatic carbocycles. The summed E-state index contributed by atoms with van der Waals surface area (Å²) >= 11 is 0. The molecule has 1 saturated carbocycles. The van der Waals surface area contributed by atoms with Crippen LogP contribution in [0.2, 0.25) is 0 Å². The van der Waals surface area contributed by atoms with E-state index in [4.69, 9.17) is 4.74 Å². The van der Waals surface area contributed by atoms with Crippen molar-refractivity contribution in [2.75, 3.05) is 5.32 Å². The van der Waals surface area contributed by atoms with Gasteiger partial charge in [-0.3, -0.25) is 10.3 Å². The summed E-state index contributed by atoms with van der Waals surface area (Å²) in [6.07, 6.45) is 2.38. The van der Waals surface area contributed by atoms with E-state index in [0.717, 1.165) is 12.8 Å². The van der Waals surface area contributed by atoms with Gasteiger partial charge in [-0.15, -0.1) is 0 Å². The second-order valence-electron chi connectivity index (χ2n) is 7.70. The molecule has 1 heterocycles. The third-order valence-electron chi connectivity index (χ3n) is 3.83. The van der Waals surface area contributed by atoms with E-state index < -0.39 is 21.7 Å². The number of hydrogen-bond acceptors (Lipinski definition) is 6. The number of sulfonamides is 1. The number of rotatable bonds is 4. The fraction of sp³-hybridized carbons (Fsp3) is 0.471. The van der Waals surface area contributed by atoms with Gasteiger partial charge in [0.1, 0.15) is 5.60 Å². The molecule has 1 aliphatic rings. The SMILES string of the molecule is CC1(NS(=O)(=O)c2ccc3ncc(NC(=O)OC(C)(C)C)nc3c2)CC1. The van der Waals surface area contributed by atoms with Crippen molar-refractivity contribution in [1.29, 1.82) is 0 Å². The maximum Gasteiger partial charge on any atom is 0.413 e. The standard InChI is InChI=1S/C17H22N4O4S/c1-16(2,3)25-15(22)20-14-10-18-12-6-5-11(9-13(12)19-14)26(23,24)21-17(4)7-8-17/h5-6,9-10,21H,7-8H2,1-4H3,(H,19,20,22). The maximum atomic E-state index is 12.5. The summed E-state index contributed by atoms with van der Waals surface area (Å²) in [5, 5.41) is 2.50. The zero-order chi connectivity index (χ0) is 19.2. The molecule has 0 atom stereocenters. The Labute approximate surface area is 152 Å². The van der Waals surface area contributed by atoms with E-state index in [2.05, 4.69) is 20.0 Å². The molecule has 0 spiro atoms. The number of nitrogens with zero attached hydrogens (tertiary/aromatic N) is 2. The lowest BCUT2D eigenvalue weighted by atomic mass is 10.2. The van der Waals surface area contributed by atoms with E-state index in [1.54, 1.807) is 26.8 Å². The molecule has 2 N–H and O–H groups in total. The van der Waals surface area contributed by atoms with Gasteiger partial charge in [-0.25, -0.2) is 22.9 Å². The number of aromatic nitrogens is 2. The molecular weight excluding hydrogens is 356 g/mol. The Morgan fingerprint density at radius 1 is 1.23 bits per heavy atom. The Morgan fingerprint density at radius 2 is 1.92 bits per heavy atom. The monoisotopic (exact) mass is 378 g/mol. The number of fused-ring (bicyclic) bond motifs is 1. The molecule has 0 radical (unpaired) electrons. The molecule has 8 nitrogen and oxygen atoms in total. The van der Waals surface area contributed by atoms with Crippen LogP contribution in [0.1, 0.15) is 40.5 Å². The molecule has 26 heavy (non-hydrogen) atoms. The minimum atomic E-state index is -3.64. The molecule has 1 aliphatic carbocycles. The second kappa shape index (κ2) is 6.17. The van der Waals surface area contributed by atoms with Crippen molar-refractivity contribution in [3.05, 3.63) is 24.4 Å². The summed E-state index contributed by atoms with van der Waals surface area (Å²) in [5.41, 5.74) is -0.113. The Bertz CT molecular complexity index is 962. The Morgan fingerprint density at radius 3 is 2.54 bits per heavy atom. The van der Waals surface area contributed by atoms with Crippen LogP contribution in [-0.2, 0) is 14.8 Å². The van der Waals surface area contributed by atoms with Gasteiger partial charge in [0, 0.05) is 5.54 Å². The highest BCUT2D eigenvalue weighted by atomic mass is 32.2. The highest BCUT2D eigenvalue weighted by Crippen LogP contribution is 2.36. The summed E-state index contributed by atoms with van der Waals surface area (Å²) in [6.45, 7) is 7.13. The van der Waals surface area contributed by atoms with Crippen LogP contribution in [0.4, 0.5) is 10.6 Å². The molecular formula is C17H22N4O4S. The first-order chi connectivity index (χ1) is 12.0. The largest absolute Gasteiger partial charge is 0.444 e. The number of anilines is 1. The van der Waals surface area contributed by atoms with Gasteiger partial charge in [-0.2, -0.15) is 0 Å². The predicted octanol–water partition coefficient (Wildman–Crippen LogP) is 2.81. The van der Waals surface area contributed by atoms with Crippen molar-refractivity contribution < 1.29 is 17.9 Å². The molecule has 0 aliphatic heterocycles. The summed E-state index contributed by atoms with van der Waals surface area (Å²) in [7, 11) is -3.64. The number of nitrogens with one attached hydrogen (secondary N) is 2. The zero-order valence-electron chi connectivity index (χ0n) is 15.2. The molecule has 3 rings (SSSR count). The van der Waals surface area contributed by atoms with Crippen molar-refractivity contribution in [1.82, 2.24) is 14.7 Å². The van der Waals surface area contributed by atoms with E-state index in [-0.39, 0.29) is 16.3 Å². The first-order valence-electron chi connectivity index (χ1n) is 8.27. The molecule has 0 saturated heterocycles. The molecule has 0 bridgehead atoms. The zero-order valence-corrected chi connectivity index (χ0v) is 16.0. The number of hydrogen-bond donors (Lipinski definition) is 2. The lowest BCUT2D eigenvalue weighted by Gasteiger charge is -2.19. The number of carbonyl (C=O) groups excluding carboxylic acids is 1. The summed E-state index contributed by atoms with van der Waals surface area (Å²) in [5.74, 6) is 0.184. The summed E-state index contributed by atoms with van der Waals surface area (Å²) in [4.78, 5) is 20.4. The van der Waals surface area contributed by atoms with Crippen LogP contribution >= 0.6 is 0 Å². The second-order valence-corrected chi connectivity index (χ2v) is 9.38. The fourth-order valence-corrected chi connectivity index (χ4v) is 3.78. The van der Waals surface area contributed by atoms with Gasteiger partial charge in [0.2, 0.25) is 10.0 Å². The van der Waals surface area contributed by atoms with Crippen molar-refractivity contribution >= 4 is 33.0 Å². The first kappa shape index (κ1) is 18.5. The van der Waals surface area contributed by atoms with Crippen LogP contribution in [0.25, 0.3) is 11.0 Å². The summed E-state index contributed by atoms with van der Waals surface area (Å²) in [6, 6.07) is 4.52. The van der Waals surface area contributed by atoms with E-state index in [0.29, 0.717) is 11.0 Å². The van der Waals surface area contributed by atoms with Crippen LogP contribution in [-0.4, -0.2) is 35.6 Å². The molecule has 1 amide bonds. The van der Waals surface area contributed by atoms with Gasteiger partial charge >= 0.3 is 6.09 Å². The minimum Gasteiger partial charge on any atom is -0.444 e. The number of carbonyl (C=O) groups is 1. The van der Waals surface area contributed by atoms with Gasteiger partial charge in [0.15, 0.2) is 5.82 Å². The Kier molecular flexibility index (Phi) is 4.40. The molecule has 140 valence electrons. The summed E-state index contributed by atoms with van der Waals surface area (Å²) < 4.78 is 32.9. The van der Waals surface area contributed by atoms with Crippen LogP contribution in [0.15, 0.2) is 29.3 Å². The molecule has 9 heteroatoms. The molecule has 2 aromatic rings. The maximum absolute atomic E-state index is 12.5. The smallest absolute Gasteiger partial charge is 0.413 e. The first-order valence-corrected chi connectivity index (χ1v) is 9.75. The average Bonchev–Trinajstić information content (AvgIpc) is 3.20. The van der Waals surface area contributed by atoms with Crippen LogP contribution < -0.4 is 10.0 Å². The highest BCUT2D eigenvalue weighted by Gasteiger charge is 2.41. The lowest BCUT2D eigenvalue weighted by Crippen LogP contribution is -2.34. The number of benzene rings is 1. The quantitative estimate of drug-likeness (QED) is 0.846. The van der Waals surface area contributed by atoms with Crippen molar-refractivity contribution in [3.63, 3.8) is 0 Å². The van der Waals surface area contributed by atoms with Crippen LogP contribution in [0.3, 0.4) is 0 Å². The van der Waals surface area contributed by atoms with Gasteiger partial charge < -0.3 is 4.74 Å². The van der Waals surface area contributed by atoms with Gasteiger partial charge in [0.05, 0.1) is 22.1 Å². The Balaban J connectivity index is 1.85. The van der Waals surface area contributed by atoms with E-state index in [1.807, 2.05) is 6.92 Å². The highest BCUT2D eigenvalue weighted by molar-refractivity contribution is 7.89. The van der Waals surface area contributed by atoms with Crippen molar-refractivity contribution in [2.45, 2.75) is 56.6 Å². The lowest BCUT2D eigenvalue weighted by molar-refractivity contribution is 0.0635. The van der Waals surface area contributed by atoms with Crippen LogP contribution in [0, 0.1) is 0 Å². The molecule has 1 fully saturated rings. The van der Waals surface area contributed by atoms with Gasteiger partial charge in [-0.05, 0) is 58.7 Å². The third kappa shape index (κ3) is 4.47. The van der Waals surface area contributed by atoms with E-state index >= 15 is 0 Å². The van der Waals surface area contributed by atoms with E-state index in [9.17, 15) is 13.2 Å². The van der Waals surface area contributed by atoms with E-state index in [1.165, 1.54) is 18.3 Å². The van der Waals surface area contributed by atoms with Crippen molar-refractivity contribution in [3.8, 4) is 0 Å². The number of ether oxygens (including phenoxy) is 1. The molecule has 0 unspecified atom stereocenters. The number of amides is 1. The van der Waals surface area contributed by atoms with Crippen LogP contribution in [0.5, 0.6) is 0 Å². The fourth-order valence-electron chi connectivity index (χ4n) is 2.30. The van der Waals surface area contributed by atoms with Gasteiger partial charge in [-0.1, -0.05) is 0 Å². The predicted molar refractivity (Wildman–Crippen MR) is 97.4 cm³/mol. The third-order valence-corrected chi connectivity index (χ3v) is 5.47. The minimum absolute atomic E-state index is 0.113. The topological polar surface area (TPSA) is 110 Å². The molecule has 1 aromatic heterocycles. The Hall–Kier alpha value is -2.26. The normalized spacial score (nSPS) is 16.3.